The average molecular weight is 731 g/mol. The molecule has 1 heterocycles. The van der Waals surface area contributed by atoms with E-state index in [1.54, 1.807) is 0 Å². The van der Waals surface area contributed by atoms with Crippen LogP contribution in [0.2, 0.25) is 0 Å². The van der Waals surface area contributed by atoms with Crippen LogP contribution in [-0.4, -0.2) is 146 Å². The Bertz CT molecular complexity index is 1320. The molecule has 1 saturated heterocycles. The second-order valence-electron chi connectivity index (χ2n) is 13.4. The van der Waals surface area contributed by atoms with Crippen molar-refractivity contribution in [1.29, 1.82) is 0 Å². The number of carbonyl (C=O) groups is 6. The number of nitrogens with one attached hydrogen (secondary N) is 1. The summed E-state index contributed by atoms with van der Waals surface area (Å²) in [4.78, 5) is 91.6. The fourth-order valence-corrected chi connectivity index (χ4v) is 6.88. The third-order valence-electron chi connectivity index (χ3n) is 10.0. The Labute approximate surface area is 291 Å². The van der Waals surface area contributed by atoms with Crippen molar-refractivity contribution in [2.45, 2.75) is 112 Å². The standard InChI is InChI=1S/C30H46N6O15/c31-35(26(43)13-4-1-7-19(37)22(13)34-48)17-11-50-28(45)16(33-25(42)14-5-2-8-20(38)23(14)40)10-49-29(46)18(12-51-30(17)47)36(32)27(44)15-6-3-9-21(39)24(15)41/h13-24,37-41H,1-12,31-32H2,(H,33,42). The van der Waals surface area contributed by atoms with E-state index >= 15 is 0 Å². The fourth-order valence-electron chi connectivity index (χ4n) is 6.88. The Morgan fingerprint density at radius 3 is 1.61 bits per heavy atom. The fraction of sp³-hybridized carbons (Fsp3) is 0.800. The van der Waals surface area contributed by atoms with Gasteiger partial charge in [0, 0.05) is 0 Å². The molecule has 21 nitrogen and oxygen atoms in total. The van der Waals surface area contributed by atoms with Crippen LogP contribution < -0.4 is 17.0 Å². The zero-order valence-corrected chi connectivity index (χ0v) is 27.7. The molecule has 51 heavy (non-hydrogen) atoms. The van der Waals surface area contributed by atoms with Crippen LogP contribution in [0.25, 0.3) is 0 Å². The van der Waals surface area contributed by atoms with Crippen LogP contribution in [0.3, 0.4) is 0 Å². The molecule has 10 N–H and O–H groups in total. The van der Waals surface area contributed by atoms with Gasteiger partial charge in [-0.15, -0.1) is 0 Å². The van der Waals surface area contributed by atoms with Crippen molar-refractivity contribution in [3.05, 3.63) is 4.91 Å². The monoisotopic (exact) mass is 730 g/mol. The molecule has 4 fully saturated rings. The lowest BCUT2D eigenvalue weighted by Crippen LogP contribution is -2.60. The van der Waals surface area contributed by atoms with Gasteiger partial charge in [0.15, 0.2) is 18.1 Å². The van der Waals surface area contributed by atoms with Crippen LogP contribution in [0.5, 0.6) is 0 Å². The summed E-state index contributed by atoms with van der Waals surface area (Å²) < 4.78 is 15.7. The van der Waals surface area contributed by atoms with E-state index in [1.807, 2.05) is 0 Å². The Morgan fingerprint density at radius 2 is 1.06 bits per heavy atom. The molecule has 0 spiro atoms. The van der Waals surface area contributed by atoms with E-state index in [-0.39, 0.29) is 38.5 Å². The molecule has 0 aromatic heterocycles. The summed E-state index contributed by atoms with van der Waals surface area (Å²) in [6.45, 7) is -2.91. The summed E-state index contributed by atoms with van der Waals surface area (Å²) in [5, 5.41) is 57.0. The van der Waals surface area contributed by atoms with Gasteiger partial charge in [0.25, 0.3) is 0 Å². The van der Waals surface area contributed by atoms with Crippen LogP contribution in [0.15, 0.2) is 5.18 Å². The van der Waals surface area contributed by atoms with Gasteiger partial charge in [-0.1, -0.05) is 5.18 Å². The molecule has 12 atom stereocenters. The number of ether oxygens (including phenoxy) is 3. The van der Waals surface area contributed by atoms with Gasteiger partial charge in [-0.3, -0.25) is 24.4 Å². The molecule has 12 unspecified atom stereocenters. The zero-order valence-electron chi connectivity index (χ0n) is 27.7. The number of esters is 3. The normalized spacial score (nSPS) is 36.9. The van der Waals surface area contributed by atoms with E-state index < -0.39 is 128 Å². The lowest BCUT2D eigenvalue weighted by molar-refractivity contribution is -0.175. The Balaban J connectivity index is 1.62. The molecule has 3 amide bonds. The lowest BCUT2D eigenvalue weighted by atomic mass is 9.82. The maximum atomic E-state index is 13.5. The van der Waals surface area contributed by atoms with E-state index in [4.69, 9.17) is 25.9 Å². The molecule has 3 saturated carbocycles. The number of hydrogen-bond donors (Lipinski definition) is 8. The van der Waals surface area contributed by atoms with Crippen LogP contribution in [0, 0.1) is 22.7 Å². The lowest BCUT2D eigenvalue weighted by Gasteiger charge is -2.36. The minimum absolute atomic E-state index is 0.0667. The van der Waals surface area contributed by atoms with Crippen molar-refractivity contribution in [3.8, 4) is 0 Å². The second-order valence-corrected chi connectivity index (χ2v) is 13.4. The number of rotatable bonds is 7. The van der Waals surface area contributed by atoms with Gasteiger partial charge in [-0.2, -0.15) is 4.91 Å². The summed E-state index contributed by atoms with van der Waals surface area (Å²) in [5.74, 6) is 1.46. The first kappa shape index (κ1) is 39.9. The van der Waals surface area contributed by atoms with Crippen molar-refractivity contribution >= 4 is 35.6 Å². The Kier molecular flexibility index (Phi) is 13.8. The molecule has 4 rings (SSSR count). The molecule has 0 aromatic carbocycles. The van der Waals surface area contributed by atoms with Gasteiger partial charge in [0.05, 0.1) is 48.3 Å². The van der Waals surface area contributed by atoms with Crippen LogP contribution in [0.4, 0.5) is 0 Å². The van der Waals surface area contributed by atoms with Gasteiger partial charge < -0.3 is 45.1 Å². The number of nitroso groups, excluding NO2 is 1. The van der Waals surface area contributed by atoms with E-state index in [0.29, 0.717) is 29.3 Å². The van der Waals surface area contributed by atoms with Crippen LogP contribution in [-0.2, 0) is 43.0 Å². The van der Waals surface area contributed by atoms with Gasteiger partial charge in [-0.05, 0) is 57.8 Å². The summed E-state index contributed by atoms with van der Waals surface area (Å²) >= 11 is 0. The molecular formula is C30H46N6O15. The van der Waals surface area contributed by atoms with Gasteiger partial charge in [-0.25, -0.2) is 26.1 Å². The third-order valence-corrected chi connectivity index (χ3v) is 10.0. The highest BCUT2D eigenvalue weighted by Gasteiger charge is 2.45. The summed E-state index contributed by atoms with van der Waals surface area (Å²) in [5.41, 5.74) is 0. The number of carbonyl (C=O) groups excluding carboxylic acids is 6. The molecular weight excluding hydrogens is 684 g/mol. The van der Waals surface area contributed by atoms with Crippen molar-refractivity contribution in [2.75, 3.05) is 19.8 Å². The molecule has 3 aliphatic carbocycles. The zero-order chi connectivity index (χ0) is 37.6. The van der Waals surface area contributed by atoms with E-state index in [1.165, 1.54) is 0 Å². The van der Waals surface area contributed by atoms with E-state index in [2.05, 4.69) is 10.5 Å². The minimum Gasteiger partial charge on any atom is -0.461 e. The number of aliphatic hydroxyl groups is 5. The molecule has 0 aromatic rings. The Morgan fingerprint density at radius 1 is 0.627 bits per heavy atom. The van der Waals surface area contributed by atoms with Gasteiger partial charge in [0.1, 0.15) is 25.9 Å². The molecule has 0 radical (unpaired) electrons. The third kappa shape index (κ3) is 9.15. The second kappa shape index (κ2) is 17.6. The summed E-state index contributed by atoms with van der Waals surface area (Å²) in [6, 6.07) is -7.05. The molecule has 1 aliphatic heterocycles. The van der Waals surface area contributed by atoms with Crippen molar-refractivity contribution in [3.63, 3.8) is 0 Å². The molecule has 286 valence electrons. The number of amides is 3. The minimum atomic E-state index is -1.94. The molecule has 21 heteroatoms. The van der Waals surface area contributed by atoms with Crippen molar-refractivity contribution in [2.24, 2.45) is 34.6 Å². The number of aliphatic hydroxyl groups excluding tert-OH is 5. The number of cyclic esters (lactones) is 3. The quantitative estimate of drug-likeness (QED) is 0.0306. The van der Waals surface area contributed by atoms with Crippen molar-refractivity contribution < 1.29 is 68.5 Å². The van der Waals surface area contributed by atoms with Crippen molar-refractivity contribution in [1.82, 2.24) is 15.3 Å². The van der Waals surface area contributed by atoms with Crippen LogP contribution in [0.1, 0.15) is 57.8 Å². The SMILES string of the molecule is NN(C(=O)C1CCCC(O)C1O)C1COC(=O)C(N(N)C(=O)C2CCCC(O)C2N=O)COC(=O)C(NC(=O)C2CCCC(O)C2O)COC1=O. The molecule has 4 aliphatic rings. The highest BCUT2D eigenvalue weighted by Crippen LogP contribution is 2.30. The van der Waals surface area contributed by atoms with E-state index in [0.717, 1.165) is 0 Å². The maximum absolute atomic E-state index is 13.5. The molecule has 0 bridgehead atoms. The van der Waals surface area contributed by atoms with Gasteiger partial charge >= 0.3 is 17.9 Å². The maximum Gasteiger partial charge on any atom is 0.334 e. The first-order valence-corrected chi connectivity index (χ1v) is 16.9. The summed E-state index contributed by atoms with van der Waals surface area (Å²) in [7, 11) is 0. The first-order valence-electron chi connectivity index (χ1n) is 16.9. The van der Waals surface area contributed by atoms with E-state index in [9.17, 15) is 59.2 Å². The number of hydrazine groups is 2. The highest BCUT2D eigenvalue weighted by molar-refractivity contribution is 5.90. The number of nitrogens with two attached hydrogens (primary N) is 2. The Hall–Kier alpha value is -3.86. The predicted octanol–water partition coefficient (Wildman–Crippen LogP) is -4.40. The smallest absolute Gasteiger partial charge is 0.334 e. The average Bonchev–Trinajstić information content (AvgIpc) is 3.10. The van der Waals surface area contributed by atoms with Crippen LogP contribution >= 0.6 is 0 Å². The highest BCUT2D eigenvalue weighted by atomic mass is 16.6. The largest absolute Gasteiger partial charge is 0.461 e. The van der Waals surface area contributed by atoms with Gasteiger partial charge in [0.2, 0.25) is 17.7 Å². The summed E-state index contributed by atoms with van der Waals surface area (Å²) in [6.07, 6.45) is -4.80. The number of nitrogens with zero attached hydrogens (tertiary/aromatic N) is 3. The first-order chi connectivity index (χ1) is 24.2. The number of hydrogen-bond acceptors (Lipinski definition) is 18. The topological polar surface area (TPSA) is 331 Å². The predicted molar refractivity (Wildman–Crippen MR) is 166 cm³/mol.